The Hall–Kier alpha value is -2.49. The van der Waals surface area contributed by atoms with Gasteiger partial charge in [0, 0.05) is 18.3 Å². The number of nitrogens with one attached hydrogen (secondary N) is 1. The number of nitrogens with zero attached hydrogens (tertiary/aromatic N) is 2. The van der Waals surface area contributed by atoms with E-state index < -0.39 is 35.6 Å². The minimum atomic E-state index is -1.28. The van der Waals surface area contributed by atoms with E-state index in [0.29, 0.717) is 17.5 Å². The zero-order chi connectivity index (χ0) is 23.7. The van der Waals surface area contributed by atoms with Crippen molar-refractivity contribution in [1.29, 1.82) is 0 Å². The third-order valence-corrected chi connectivity index (χ3v) is 6.75. The van der Waals surface area contributed by atoms with Crippen molar-refractivity contribution in [2.45, 2.75) is 95.7 Å². The fourth-order valence-electron chi connectivity index (χ4n) is 4.38. The Labute approximate surface area is 197 Å². The summed E-state index contributed by atoms with van der Waals surface area (Å²) in [7, 11) is 0. The van der Waals surface area contributed by atoms with Crippen LogP contribution in [0.4, 0.5) is 0 Å². The summed E-state index contributed by atoms with van der Waals surface area (Å²) in [6.45, 7) is 7.38. The molecule has 10 heteroatoms. The topological polar surface area (TPSA) is 109 Å². The van der Waals surface area contributed by atoms with Crippen molar-refractivity contribution < 1.29 is 23.8 Å². The molecule has 4 rings (SSSR count). The zero-order valence-electron chi connectivity index (χ0n) is 19.5. The number of fused-ring (bicyclic) bond motifs is 2. The van der Waals surface area contributed by atoms with Gasteiger partial charge in [0.05, 0.1) is 17.8 Å². The van der Waals surface area contributed by atoms with Crippen molar-refractivity contribution in [3.8, 4) is 5.88 Å². The quantitative estimate of drug-likeness (QED) is 0.489. The maximum atomic E-state index is 13.4. The van der Waals surface area contributed by atoms with Gasteiger partial charge in [-0.25, -0.2) is 4.79 Å². The van der Waals surface area contributed by atoms with E-state index in [9.17, 15) is 14.4 Å². The van der Waals surface area contributed by atoms with Crippen molar-refractivity contribution in [2.75, 3.05) is 5.75 Å². The van der Waals surface area contributed by atoms with E-state index >= 15 is 0 Å². The SMILES string of the molecule is CC(C)OC(=O)C1=C(NC2CCCCC2)Oc2nc3n(c(=O)c2C1C(=O)OC(C)C)CCS3. The maximum Gasteiger partial charge on any atom is 0.340 e. The molecule has 33 heavy (non-hydrogen) atoms. The highest BCUT2D eigenvalue weighted by atomic mass is 32.2. The van der Waals surface area contributed by atoms with Gasteiger partial charge in [-0.1, -0.05) is 31.0 Å². The predicted octanol–water partition coefficient (Wildman–Crippen LogP) is 2.86. The van der Waals surface area contributed by atoms with Crippen LogP contribution in [0, 0.1) is 0 Å². The van der Waals surface area contributed by atoms with E-state index in [1.807, 2.05) is 0 Å². The third kappa shape index (κ3) is 4.90. The summed E-state index contributed by atoms with van der Waals surface area (Å²) in [5, 5.41) is 3.86. The Morgan fingerprint density at radius 3 is 2.48 bits per heavy atom. The molecule has 1 unspecified atom stereocenters. The lowest BCUT2D eigenvalue weighted by Gasteiger charge is -2.31. The largest absolute Gasteiger partial charge is 0.462 e. The molecule has 3 aliphatic rings. The molecule has 0 bridgehead atoms. The number of carbonyl (C=O) groups is 2. The molecule has 1 aromatic rings. The lowest BCUT2D eigenvalue weighted by molar-refractivity contribution is -0.152. The van der Waals surface area contributed by atoms with Gasteiger partial charge in [-0.2, -0.15) is 4.98 Å². The minimum absolute atomic E-state index is 0.0248. The minimum Gasteiger partial charge on any atom is -0.462 e. The molecule has 180 valence electrons. The molecule has 1 atom stereocenters. The molecular weight excluding hydrogens is 446 g/mol. The van der Waals surface area contributed by atoms with Crippen LogP contribution in [0.25, 0.3) is 0 Å². The van der Waals surface area contributed by atoms with Gasteiger partial charge < -0.3 is 19.5 Å². The van der Waals surface area contributed by atoms with Crippen LogP contribution < -0.4 is 15.6 Å². The first kappa shape index (κ1) is 23.7. The second kappa shape index (κ2) is 9.79. The van der Waals surface area contributed by atoms with Crippen molar-refractivity contribution in [3.63, 3.8) is 0 Å². The van der Waals surface area contributed by atoms with Crippen LogP contribution in [0.3, 0.4) is 0 Å². The lowest BCUT2D eigenvalue weighted by Crippen LogP contribution is -2.42. The number of ether oxygens (including phenoxy) is 3. The van der Waals surface area contributed by atoms with E-state index in [-0.39, 0.29) is 28.9 Å². The fraction of sp³-hybridized carbons (Fsp3) is 0.652. The summed E-state index contributed by atoms with van der Waals surface area (Å²) in [5.74, 6) is -1.81. The van der Waals surface area contributed by atoms with E-state index in [2.05, 4.69) is 10.3 Å². The number of thioether (sulfide) groups is 1. The Balaban J connectivity index is 1.86. The van der Waals surface area contributed by atoms with Gasteiger partial charge in [0.2, 0.25) is 11.8 Å². The van der Waals surface area contributed by atoms with Crippen LogP contribution in [-0.2, 0) is 25.6 Å². The van der Waals surface area contributed by atoms with Gasteiger partial charge in [0.15, 0.2) is 5.16 Å². The van der Waals surface area contributed by atoms with Crippen LogP contribution in [0.5, 0.6) is 5.88 Å². The van der Waals surface area contributed by atoms with Gasteiger partial charge in [-0.05, 0) is 40.5 Å². The second-order valence-electron chi connectivity index (χ2n) is 9.12. The van der Waals surface area contributed by atoms with E-state index in [4.69, 9.17) is 14.2 Å². The van der Waals surface area contributed by atoms with Crippen LogP contribution in [0.15, 0.2) is 21.4 Å². The lowest BCUT2D eigenvalue weighted by atomic mass is 9.89. The van der Waals surface area contributed by atoms with E-state index in [0.717, 1.165) is 32.1 Å². The van der Waals surface area contributed by atoms with Gasteiger partial charge >= 0.3 is 11.9 Å². The summed E-state index contributed by atoms with van der Waals surface area (Å²) >= 11 is 1.46. The molecule has 0 saturated heterocycles. The first-order chi connectivity index (χ1) is 15.8. The molecule has 0 radical (unpaired) electrons. The van der Waals surface area contributed by atoms with Crippen molar-refractivity contribution in [3.05, 3.63) is 27.4 Å². The predicted molar refractivity (Wildman–Crippen MR) is 122 cm³/mol. The molecule has 0 spiro atoms. The number of carbonyl (C=O) groups excluding carboxylic acids is 2. The fourth-order valence-corrected chi connectivity index (χ4v) is 5.32. The second-order valence-corrected chi connectivity index (χ2v) is 10.2. The van der Waals surface area contributed by atoms with Crippen molar-refractivity contribution in [1.82, 2.24) is 14.9 Å². The summed E-state index contributed by atoms with van der Waals surface area (Å²) in [6, 6.07) is 0.0869. The molecule has 2 aliphatic heterocycles. The maximum absolute atomic E-state index is 13.4. The summed E-state index contributed by atoms with van der Waals surface area (Å²) < 4.78 is 18.6. The summed E-state index contributed by atoms with van der Waals surface area (Å²) in [4.78, 5) is 44.6. The van der Waals surface area contributed by atoms with Crippen LogP contribution >= 0.6 is 11.8 Å². The van der Waals surface area contributed by atoms with E-state index in [1.54, 1.807) is 27.7 Å². The van der Waals surface area contributed by atoms with Gasteiger partial charge in [0.25, 0.3) is 5.56 Å². The first-order valence-corrected chi connectivity index (χ1v) is 12.6. The average molecular weight is 478 g/mol. The molecule has 1 aliphatic carbocycles. The first-order valence-electron chi connectivity index (χ1n) is 11.6. The zero-order valence-corrected chi connectivity index (χ0v) is 20.3. The Bertz CT molecular complexity index is 1030. The normalized spacial score (nSPS) is 20.4. The molecule has 1 N–H and O–H groups in total. The smallest absolute Gasteiger partial charge is 0.340 e. The molecule has 1 aromatic heterocycles. The molecule has 3 heterocycles. The van der Waals surface area contributed by atoms with Crippen molar-refractivity contribution in [2.24, 2.45) is 0 Å². The number of hydrogen-bond acceptors (Lipinski definition) is 9. The molecule has 1 fully saturated rings. The molecule has 0 amide bonds. The highest BCUT2D eigenvalue weighted by Crippen LogP contribution is 2.39. The third-order valence-electron chi connectivity index (χ3n) is 5.79. The Morgan fingerprint density at radius 2 is 1.82 bits per heavy atom. The van der Waals surface area contributed by atoms with E-state index in [1.165, 1.54) is 16.3 Å². The molecule has 1 saturated carbocycles. The number of rotatable bonds is 6. The monoisotopic (exact) mass is 477 g/mol. The number of esters is 2. The highest BCUT2D eigenvalue weighted by Gasteiger charge is 2.45. The van der Waals surface area contributed by atoms with Crippen LogP contribution in [-0.4, -0.2) is 45.5 Å². The Kier molecular flexibility index (Phi) is 7.02. The average Bonchev–Trinajstić information content (AvgIpc) is 3.21. The summed E-state index contributed by atoms with van der Waals surface area (Å²) in [6.07, 6.45) is 4.29. The summed E-state index contributed by atoms with van der Waals surface area (Å²) in [5.41, 5.74) is -0.397. The Morgan fingerprint density at radius 1 is 1.12 bits per heavy atom. The standard InChI is InChI=1S/C23H31N3O6S/c1-12(2)30-21(28)15-16-18(25-23-26(20(16)27)10-11-33-23)32-19(17(15)22(29)31-13(3)4)24-14-8-6-5-7-9-14/h12-15,24H,5-11H2,1-4H3. The number of hydrogen-bond donors (Lipinski definition) is 1. The van der Waals surface area contributed by atoms with Gasteiger partial charge in [-0.15, -0.1) is 0 Å². The van der Waals surface area contributed by atoms with Crippen molar-refractivity contribution >= 4 is 23.7 Å². The van der Waals surface area contributed by atoms with Gasteiger partial charge in [0.1, 0.15) is 11.5 Å². The van der Waals surface area contributed by atoms with Crippen LogP contribution in [0.2, 0.25) is 0 Å². The molecular formula is C23H31N3O6S. The number of aromatic nitrogens is 2. The molecule has 9 nitrogen and oxygen atoms in total. The van der Waals surface area contributed by atoms with Crippen LogP contribution in [0.1, 0.15) is 71.3 Å². The van der Waals surface area contributed by atoms with Gasteiger partial charge in [-0.3, -0.25) is 14.2 Å². The molecule has 0 aromatic carbocycles. The highest BCUT2D eigenvalue weighted by molar-refractivity contribution is 7.99.